The molecule has 2 amide bonds. The first-order valence-corrected chi connectivity index (χ1v) is 11.4. The van der Waals surface area contributed by atoms with E-state index in [4.69, 9.17) is 9.15 Å². The molecule has 12 heteroatoms. The SMILES string of the molecule is CC(=O)NC[C@H]1CN(c2ccc(N3C(C)CN(Cc4ccc([N+](=O)[O-])o4)CC3C)c(F)c2)C(=O)O1. The second kappa shape index (κ2) is 9.90. The van der Waals surface area contributed by atoms with E-state index in [0.717, 1.165) is 0 Å². The van der Waals surface area contributed by atoms with Gasteiger partial charge in [0, 0.05) is 32.1 Å². The Morgan fingerprint density at radius 1 is 1.20 bits per heavy atom. The number of furan rings is 1. The predicted molar refractivity (Wildman–Crippen MR) is 125 cm³/mol. The zero-order valence-corrected chi connectivity index (χ0v) is 19.8. The number of benzene rings is 1. The number of amides is 2. The van der Waals surface area contributed by atoms with Crippen molar-refractivity contribution in [2.45, 2.75) is 45.5 Å². The van der Waals surface area contributed by atoms with Crippen molar-refractivity contribution in [2.24, 2.45) is 0 Å². The van der Waals surface area contributed by atoms with E-state index in [1.807, 2.05) is 18.7 Å². The summed E-state index contributed by atoms with van der Waals surface area (Å²) in [4.78, 5) is 39.1. The summed E-state index contributed by atoms with van der Waals surface area (Å²) >= 11 is 0. The van der Waals surface area contributed by atoms with Crippen LogP contribution in [0, 0.1) is 15.9 Å². The molecule has 3 heterocycles. The summed E-state index contributed by atoms with van der Waals surface area (Å²) in [6.07, 6.45) is -1.08. The van der Waals surface area contributed by atoms with E-state index in [9.17, 15) is 19.7 Å². The highest BCUT2D eigenvalue weighted by Crippen LogP contribution is 2.32. The fourth-order valence-electron chi connectivity index (χ4n) is 4.78. The van der Waals surface area contributed by atoms with Crippen molar-refractivity contribution in [3.63, 3.8) is 0 Å². The zero-order valence-electron chi connectivity index (χ0n) is 19.8. The second-order valence-corrected chi connectivity index (χ2v) is 8.99. The van der Waals surface area contributed by atoms with Crippen molar-refractivity contribution >= 4 is 29.3 Å². The van der Waals surface area contributed by atoms with Gasteiger partial charge in [-0.1, -0.05) is 0 Å². The van der Waals surface area contributed by atoms with E-state index in [2.05, 4.69) is 10.2 Å². The molecule has 0 saturated carbocycles. The van der Waals surface area contributed by atoms with Gasteiger partial charge in [0.25, 0.3) is 0 Å². The molecule has 35 heavy (non-hydrogen) atoms. The second-order valence-electron chi connectivity index (χ2n) is 8.99. The van der Waals surface area contributed by atoms with Crippen LogP contribution in [0.15, 0.2) is 34.7 Å². The molecule has 2 unspecified atom stereocenters. The van der Waals surface area contributed by atoms with Crippen molar-refractivity contribution in [3.05, 3.63) is 52.0 Å². The number of nitrogens with zero attached hydrogens (tertiary/aromatic N) is 4. The van der Waals surface area contributed by atoms with Gasteiger partial charge in [0.05, 0.1) is 37.1 Å². The number of rotatable bonds is 7. The lowest BCUT2D eigenvalue weighted by Crippen LogP contribution is -2.56. The fourth-order valence-corrected chi connectivity index (χ4v) is 4.78. The summed E-state index contributed by atoms with van der Waals surface area (Å²) in [7, 11) is 0. The number of halogens is 1. The maximum absolute atomic E-state index is 15.3. The number of ether oxygens (including phenoxy) is 1. The van der Waals surface area contributed by atoms with Crippen molar-refractivity contribution < 1.29 is 28.1 Å². The molecule has 2 saturated heterocycles. The summed E-state index contributed by atoms with van der Waals surface area (Å²) in [5.74, 6) is -0.447. The Kier molecular flexibility index (Phi) is 6.92. The van der Waals surface area contributed by atoms with Gasteiger partial charge < -0.3 is 19.4 Å². The van der Waals surface area contributed by atoms with Crippen LogP contribution in [0.25, 0.3) is 0 Å². The largest absolute Gasteiger partial charge is 0.442 e. The molecule has 2 aromatic rings. The third kappa shape index (κ3) is 5.37. The molecule has 2 aliphatic rings. The van der Waals surface area contributed by atoms with Crippen LogP contribution in [0.1, 0.15) is 26.5 Å². The molecule has 0 radical (unpaired) electrons. The number of piperazine rings is 1. The van der Waals surface area contributed by atoms with Gasteiger partial charge in [-0.15, -0.1) is 0 Å². The van der Waals surface area contributed by atoms with E-state index < -0.39 is 22.9 Å². The number of hydrogen-bond acceptors (Lipinski definition) is 8. The lowest BCUT2D eigenvalue weighted by molar-refractivity contribution is -0.402. The van der Waals surface area contributed by atoms with Gasteiger partial charge >= 0.3 is 12.0 Å². The summed E-state index contributed by atoms with van der Waals surface area (Å²) < 4.78 is 25.8. The first-order chi connectivity index (χ1) is 16.6. The summed E-state index contributed by atoms with van der Waals surface area (Å²) in [6.45, 7) is 7.43. The van der Waals surface area contributed by atoms with Gasteiger partial charge in [0.15, 0.2) is 0 Å². The monoisotopic (exact) mass is 489 g/mol. The van der Waals surface area contributed by atoms with E-state index in [1.165, 1.54) is 24.0 Å². The van der Waals surface area contributed by atoms with Crippen molar-refractivity contribution in [1.29, 1.82) is 0 Å². The number of carbonyl (C=O) groups is 2. The molecule has 1 N–H and O–H groups in total. The molecule has 4 rings (SSSR count). The number of hydrogen-bond donors (Lipinski definition) is 1. The topological polar surface area (TPSA) is 121 Å². The minimum Gasteiger partial charge on any atom is -0.442 e. The predicted octanol–water partition coefficient (Wildman–Crippen LogP) is 2.89. The Morgan fingerprint density at radius 3 is 2.51 bits per heavy atom. The molecule has 0 bridgehead atoms. The highest BCUT2D eigenvalue weighted by atomic mass is 19.1. The zero-order chi connectivity index (χ0) is 25.3. The Hall–Kier alpha value is -3.67. The summed E-state index contributed by atoms with van der Waals surface area (Å²) in [5, 5.41) is 13.5. The molecular weight excluding hydrogens is 461 g/mol. The van der Waals surface area contributed by atoms with Crippen LogP contribution < -0.4 is 15.1 Å². The van der Waals surface area contributed by atoms with Gasteiger partial charge in [0.2, 0.25) is 5.91 Å². The van der Waals surface area contributed by atoms with Gasteiger partial charge in [-0.25, -0.2) is 9.18 Å². The molecular formula is C23H28FN5O6. The maximum Gasteiger partial charge on any atom is 0.433 e. The molecule has 2 fully saturated rings. The molecule has 188 valence electrons. The average Bonchev–Trinajstić information content (AvgIpc) is 3.39. The fraction of sp³-hybridized carbons (Fsp3) is 0.478. The van der Waals surface area contributed by atoms with Crippen LogP contribution in [0.3, 0.4) is 0 Å². The smallest absolute Gasteiger partial charge is 0.433 e. The van der Waals surface area contributed by atoms with Crippen molar-refractivity contribution in [2.75, 3.05) is 36.0 Å². The van der Waals surface area contributed by atoms with E-state index in [1.54, 1.807) is 18.2 Å². The van der Waals surface area contributed by atoms with Crippen LogP contribution in [-0.2, 0) is 16.1 Å². The average molecular weight is 490 g/mol. The van der Waals surface area contributed by atoms with E-state index in [0.29, 0.717) is 36.8 Å². The van der Waals surface area contributed by atoms with Gasteiger partial charge in [-0.05, 0) is 38.1 Å². The Balaban J connectivity index is 1.42. The molecule has 0 aliphatic carbocycles. The quantitative estimate of drug-likeness (QED) is 0.466. The third-order valence-electron chi connectivity index (χ3n) is 6.18. The molecule has 0 spiro atoms. The normalized spacial score (nSPS) is 22.9. The van der Waals surface area contributed by atoms with Gasteiger partial charge in [0.1, 0.15) is 22.6 Å². The van der Waals surface area contributed by atoms with Crippen LogP contribution in [0.4, 0.5) is 26.4 Å². The lowest BCUT2D eigenvalue weighted by atomic mass is 10.1. The minimum absolute atomic E-state index is 0.0390. The number of cyclic esters (lactones) is 1. The number of anilines is 2. The lowest BCUT2D eigenvalue weighted by Gasteiger charge is -2.45. The van der Waals surface area contributed by atoms with Crippen LogP contribution in [0.2, 0.25) is 0 Å². The number of nitrogens with one attached hydrogen (secondary N) is 1. The standard InChI is InChI=1S/C23H28FN5O6/c1-14-10-26(12-18-5-7-22(34-18)29(32)33)11-15(2)28(14)21-6-4-17(8-20(21)24)27-13-19(35-23(27)31)9-25-16(3)30/h4-8,14-15,19H,9-13H2,1-3H3,(H,25,30)/t14?,15?,19-/m0/s1. The van der Waals surface area contributed by atoms with Gasteiger partial charge in [-0.2, -0.15) is 0 Å². The Bertz CT molecular complexity index is 1110. The molecule has 11 nitrogen and oxygen atoms in total. The molecule has 3 atom stereocenters. The van der Waals surface area contributed by atoms with Crippen LogP contribution in [-0.4, -0.2) is 66.2 Å². The number of carbonyl (C=O) groups excluding carboxylic acids is 2. The molecule has 2 aliphatic heterocycles. The van der Waals surface area contributed by atoms with E-state index >= 15 is 4.39 Å². The Labute approximate surface area is 201 Å². The first kappa shape index (κ1) is 24.5. The molecule has 1 aromatic carbocycles. The van der Waals surface area contributed by atoms with Crippen molar-refractivity contribution in [3.8, 4) is 0 Å². The highest BCUT2D eigenvalue weighted by Gasteiger charge is 2.35. The minimum atomic E-state index is -0.582. The number of nitro groups is 1. The van der Waals surface area contributed by atoms with E-state index in [-0.39, 0.29) is 37.0 Å². The van der Waals surface area contributed by atoms with Crippen LogP contribution in [0.5, 0.6) is 0 Å². The maximum atomic E-state index is 15.3. The highest BCUT2D eigenvalue weighted by molar-refractivity contribution is 5.90. The Morgan fingerprint density at radius 2 is 1.91 bits per heavy atom. The summed E-state index contributed by atoms with van der Waals surface area (Å²) in [6, 6.07) is 7.54. The first-order valence-electron chi connectivity index (χ1n) is 11.4. The van der Waals surface area contributed by atoms with Crippen molar-refractivity contribution in [1.82, 2.24) is 10.2 Å². The van der Waals surface area contributed by atoms with Gasteiger partial charge in [-0.3, -0.25) is 24.7 Å². The summed E-state index contributed by atoms with van der Waals surface area (Å²) in [5.41, 5.74) is 0.823. The van der Waals surface area contributed by atoms with Crippen LogP contribution >= 0.6 is 0 Å². The third-order valence-corrected chi connectivity index (χ3v) is 6.18. The molecule has 1 aromatic heterocycles.